The molecule has 30 heavy (non-hydrogen) atoms. The van der Waals surface area contributed by atoms with Gasteiger partial charge in [-0.25, -0.2) is 0 Å². The molecule has 0 bridgehead atoms. The van der Waals surface area contributed by atoms with Gasteiger partial charge in [-0.05, 0) is 70.2 Å². The smallest absolute Gasteiger partial charge is 0.146 e. The van der Waals surface area contributed by atoms with Crippen molar-refractivity contribution in [2.45, 2.75) is 33.3 Å². The van der Waals surface area contributed by atoms with Crippen molar-refractivity contribution in [2.24, 2.45) is 5.16 Å². The van der Waals surface area contributed by atoms with Crippen molar-refractivity contribution in [3.8, 4) is 23.0 Å². The van der Waals surface area contributed by atoms with E-state index in [1.807, 2.05) is 27.7 Å². The molecular formula is C22H24Cl3NO4. The van der Waals surface area contributed by atoms with Crippen LogP contribution in [0.3, 0.4) is 0 Å². The summed E-state index contributed by atoms with van der Waals surface area (Å²) in [5.74, 6) is 2.39. The maximum absolute atomic E-state index is 6.28. The minimum atomic E-state index is -0.333. The van der Waals surface area contributed by atoms with Gasteiger partial charge < -0.3 is 19.0 Å². The highest BCUT2D eigenvalue weighted by Gasteiger charge is 2.10. The van der Waals surface area contributed by atoms with Crippen molar-refractivity contribution in [3.63, 3.8) is 0 Å². The molecule has 0 saturated heterocycles. The van der Waals surface area contributed by atoms with E-state index in [9.17, 15) is 0 Å². The highest BCUT2D eigenvalue weighted by molar-refractivity contribution is 6.55. The fraction of sp³-hybridized carbons (Fsp3) is 0.318. The van der Waals surface area contributed by atoms with Crippen LogP contribution < -0.4 is 14.2 Å². The molecule has 2 aromatic carbocycles. The monoisotopic (exact) mass is 471 g/mol. The van der Waals surface area contributed by atoms with E-state index in [1.54, 1.807) is 42.5 Å². The average Bonchev–Trinajstić information content (AvgIpc) is 2.67. The first-order chi connectivity index (χ1) is 14.1. The minimum Gasteiger partial charge on any atom is -0.489 e. The van der Waals surface area contributed by atoms with E-state index < -0.39 is 0 Å². The van der Waals surface area contributed by atoms with Crippen LogP contribution in [0.5, 0.6) is 23.0 Å². The number of hydrogen-bond donors (Lipinski definition) is 0. The Morgan fingerprint density at radius 3 is 2.20 bits per heavy atom. The van der Waals surface area contributed by atoms with Crippen LogP contribution in [-0.4, -0.2) is 24.5 Å². The van der Waals surface area contributed by atoms with Gasteiger partial charge in [0.05, 0.1) is 10.7 Å². The lowest BCUT2D eigenvalue weighted by Crippen LogP contribution is -2.18. The summed E-state index contributed by atoms with van der Waals surface area (Å²) in [6.45, 7) is 8.22. The molecule has 0 aliphatic rings. The van der Waals surface area contributed by atoms with Crippen LogP contribution in [0.25, 0.3) is 0 Å². The lowest BCUT2D eigenvalue weighted by molar-refractivity contribution is 0.0000980. The Morgan fingerprint density at radius 1 is 0.967 bits per heavy atom. The fourth-order valence-electron chi connectivity index (χ4n) is 2.01. The van der Waals surface area contributed by atoms with Crippen molar-refractivity contribution >= 4 is 40.5 Å². The molecule has 0 heterocycles. The van der Waals surface area contributed by atoms with Crippen molar-refractivity contribution < 1.29 is 19.0 Å². The summed E-state index contributed by atoms with van der Waals surface area (Å²) < 4.78 is 17.1. The molecule has 0 saturated carbocycles. The Morgan fingerprint density at radius 2 is 1.60 bits per heavy atom. The summed E-state index contributed by atoms with van der Waals surface area (Å²) in [5.41, 5.74) is 0.406. The predicted molar refractivity (Wildman–Crippen MR) is 123 cm³/mol. The number of hydrogen-bond acceptors (Lipinski definition) is 5. The second-order valence-electron chi connectivity index (χ2n) is 7.29. The molecule has 0 atom stereocenters. The molecule has 162 valence electrons. The molecule has 0 N–H and O–H groups in total. The molecule has 0 unspecified atom stereocenters. The second kappa shape index (κ2) is 11.3. The van der Waals surface area contributed by atoms with E-state index >= 15 is 0 Å². The van der Waals surface area contributed by atoms with Crippen molar-refractivity contribution in [2.75, 3.05) is 13.2 Å². The van der Waals surface area contributed by atoms with Gasteiger partial charge in [-0.3, -0.25) is 0 Å². The zero-order valence-corrected chi connectivity index (χ0v) is 19.5. The Balaban J connectivity index is 1.90. The van der Waals surface area contributed by atoms with Crippen LogP contribution in [0.2, 0.25) is 5.02 Å². The van der Waals surface area contributed by atoms with E-state index in [2.05, 4.69) is 5.16 Å². The molecule has 0 spiro atoms. The fourth-order valence-corrected chi connectivity index (χ4v) is 2.35. The minimum absolute atomic E-state index is 0.147. The van der Waals surface area contributed by atoms with Crippen molar-refractivity contribution in [1.29, 1.82) is 0 Å². The SMILES string of the molecule is CC(COc1ccc(Oc2ccc(OCC=C(Cl)Cl)cc2Cl)cc1)=NOC(C)(C)C. The lowest BCUT2D eigenvalue weighted by Gasteiger charge is -2.16. The first-order valence-corrected chi connectivity index (χ1v) is 10.3. The molecule has 0 fully saturated rings. The normalized spacial score (nSPS) is 11.6. The third-order valence-electron chi connectivity index (χ3n) is 3.37. The molecule has 2 aromatic rings. The van der Waals surface area contributed by atoms with E-state index in [-0.39, 0.29) is 16.7 Å². The first kappa shape index (κ1) is 24.2. The van der Waals surface area contributed by atoms with Gasteiger partial charge in [0.15, 0.2) is 0 Å². The second-order valence-corrected chi connectivity index (χ2v) is 8.70. The molecular weight excluding hydrogens is 449 g/mol. The zero-order valence-electron chi connectivity index (χ0n) is 17.2. The van der Waals surface area contributed by atoms with E-state index in [0.717, 1.165) is 5.71 Å². The molecule has 5 nitrogen and oxygen atoms in total. The van der Waals surface area contributed by atoms with Gasteiger partial charge in [0.25, 0.3) is 0 Å². The highest BCUT2D eigenvalue weighted by atomic mass is 35.5. The van der Waals surface area contributed by atoms with E-state index in [4.69, 9.17) is 53.9 Å². The highest BCUT2D eigenvalue weighted by Crippen LogP contribution is 2.33. The Bertz CT molecular complexity index is 886. The number of benzene rings is 2. The molecule has 0 amide bonds. The summed E-state index contributed by atoms with van der Waals surface area (Å²) in [5, 5.41) is 4.47. The Kier molecular flexibility index (Phi) is 9.15. The molecule has 0 aliphatic heterocycles. The largest absolute Gasteiger partial charge is 0.489 e. The van der Waals surface area contributed by atoms with Crippen LogP contribution in [0.15, 0.2) is 58.2 Å². The van der Waals surface area contributed by atoms with Gasteiger partial charge in [0, 0.05) is 6.07 Å². The van der Waals surface area contributed by atoms with Gasteiger partial charge in [0.1, 0.15) is 46.3 Å². The number of oxime groups is 1. The van der Waals surface area contributed by atoms with Crippen LogP contribution in [0, 0.1) is 0 Å². The van der Waals surface area contributed by atoms with Gasteiger partial charge in [-0.15, -0.1) is 0 Å². The van der Waals surface area contributed by atoms with Crippen LogP contribution >= 0.6 is 34.8 Å². The van der Waals surface area contributed by atoms with Crippen LogP contribution in [-0.2, 0) is 4.84 Å². The number of nitrogens with zero attached hydrogens (tertiary/aromatic N) is 1. The first-order valence-electron chi connectivity index (χ1n) is 9.18. The third kappa shape index (κ3) is 9.16. The predicted octanol–water partition coefficient (Wildman–Crippen LogP) is 7.40. The topological polar surface area (TPSA) is 49.3 Å². The lowest BCUT2D eigenvalue weighted by atomic mass is 10.2. The number of ether oxygens (including phenoxy) is 3. The molecule has 0 radical (unpaired) electrons. The Labute approximate surface area is 192 Å². The van der Waals surface area contributed by atoms with E-state index in [0.29, 0.717) is 34.6 Å². The average molecular weight is 473 g/mol. The zero-order chi connectivity index (χ0) is 22.1. The quantitative estimate of drug-likeness (QED) is 0.282. The number of halogens is 3. The standard InChI is InChI=1S/C22H24Cl3NO4/c1-15(26-30-22(2,3)4)14-28-16-5-7-17(8-6-16)29-20-10-9-18(13-19(20)23)27-12-11-21(24)25/h5-11,13H,12,14H2,1-4H3. The number of rotatable bonds is 9. The maximum Gasteiger partial charge on any atom is 0.146 e. The van der Waals surface area contributed by atoms with Gasteiger partial charge in [-0.2, -0.15) is 0 Å². The van der Waals surface area contributed by atoms with Gasteiger partial charge >= 0.3 is 0 Å². The summed E-state index contributed by atoms with van der Waals surface area (Å²) in [6.07, 6.45) is 1.54. The van der Waals surface area contributed by atoms with Crippen molar-refractivity contribution in [3.05, 3.63) is 58.1 Å². The third-order valence-corrected chi connectivity index (χ3v) is 3.97. The van der Waals surface area contributed by atoms with E-state index in [1.165, 1.54) is 6.08 Å². The maximum atomic E-state index is 6.28. The Hall–Kier alpha value is -2.08. The molecule has 0 aliphatic carbocycles. The summed E-state index contributed by atoms with van der Waals surface area (Å²) in [4.78, 5) is 5.37. The summed E-state index contributed by atoms with van der Waals surface area (Å²) in [7, 11) is 0. The van der Waals surface area contributed by atoms with Gasteiger partial charge in [0.2, 0.25) is 0 Å². The molecule has 8 heteroatoms. The van der Waals surface area contributed by atoms with Crippen LogP contribution in [0.4, 0.5) is 0 Å². The van der Waals surface area contributed by atoms with Crippen molar-refractivity contribution in [1.82, 2.24) is 0 Å². The van der Waals surface area contributed by atoms with Crippen LogP contribution in [0.1, 0.15) is 27.7 Å². The van der Waals surface area contributed by atoms with Gasteiger partial charge in [-0.1, -0.05) is 40.0 Å². The summed E-state index contributed by atoms with van der Waals surface area (Å²) in [6, 6.07) is 12.3. The summed E-state index contributed by atoms with van der Waals surface area (Å²) >= 11 is 17.4. The molecule has 0 aromatic heterocycles. The molecule has 2 rings (SSSR count).